The van der Waals surface area contributed by atoms with Gasteiger partial charge in [-0.15, -0.1) is 0 Å². The number of hydrogen-bond donors (Lipinski definition) is 2. The second-order valence-electron chi connectivity index (χ2n) is 9.53. The molecule has 0 spiro atoms. The molecule has 0 aliphatic rings. The summed E-state index contributed by atoms with van der Waals surface area (Å²) < 4.78 is 0. The Balaban J connectivity index is 1.90. The van der Waals surface area contributed by atoms with Crippen LogP contribution < -0.4 is 0 Å². The van der Waals surface area contributed by atoms with E-state index in [4.69, 9.17) is 5.11 Å². The number of carbonyl (C=O) groups is 2. The molecule has 0 aliphatic heterocycles. The highest BCUT2D eigenvalue weighted by Gasteiger charge is 2.30. The fourth-order valence-corrected chi connectivity index (χ4v) is 4.58. The van der Waals surface area contributed by atoms with Crippen LogP contribution in [-0.2, 0) is 20.4 Å². The van der Waals surface area contributed by atoms with Crippen LogP contribution in [0.4, 0.5) is 0 Å². The molecule has 33 heavy (non-hydrogen) atoms. The third-order valence-electron chi connectivity index (χ3n) is 7.06. The first-order valence-corrected chi connectivity index (χ1v) is 11.8. The quantitative estimate of drug-likeness (QED) is 0.316. The number of hydrogen-bond acceptors (Lipinski definition) is 3. The highest BCUT2D eigenvalue weighted by atomic mass is 16.4. The maximum absolute atomic E-state index is 12.6. The SMILES string of the molecule is C=C(CO)C(C)(CCCC(=O)CCCC(C)(CCC(=O)O)c1ccccc1)c1ccccc1. The third kappa shape index (κ3) is 7.68. The predicted octanol–water partition coefficient (Wildman–Crippen LogP) is 6.23. The predicted molar refractivity (Wildman–Crippen MR) is 133 cm³/mol. The van der Waals surface area contributed by atoms with Crippen molar-refractivity contribution >= 4 is 11.8 Å². The van der Waals surface area contributed by atoms with Gasteiger partial charge in [-0.25, -0.2) is 0 Å². The Labute approximate surface area is 198 Å². The zero-order valence-corrected chi connectivity index (χ0v) is 20.1. The Morgan fingerprint density at radius 2 is 1.30 bits per heavy atom. The van der Waals surface area contributed by atoms with Gasteiger partial charge in [-0.1, -0.05) is 81.1 Å². The van der Waals surface area contributed by atoms with Crippen molar-refractivity contribution in [1.82, 2.24) is 0 Å². The molecule has 0 saturated carbocycles. The molecule has 2 aromatic carbocycles. The monoisotopic (exact) mass is 450 g/mol. The van der Waals surface area contributed by atoms with E-state index in [1.807, 2.05) is 60.7 Å². The van der Waals surface area contributed by atoms with Gasteiger partial charge < -0.3 is 10.2 Å². The first-order valence-electron chi connectivity index (χ1n) is 11.8. The maximum atomic E-state index is 12.6. The van der Waals surface area contributed by atoms with Gasteiger partial charge in [0.15, 0.2) is 0 Å². The molecule has 4 nitrogen and oxygen atoms in total. The fourth-order valence-electron chi connectivity index (χ4n) is 4.58. The summed E-state index contributed by atoms with van der Waals surface area (Å²) in [6, 6.07) is 20.0. The molecule has 0 saturated heterocycles. The third-order valence-corrected chi connectivity index (χ3v) is 7.06. The largest absolute Gasteiger partial charge is 0.481 e. The number of rotatable bonds is 15. The molecule has 0 amide bonds. The number of aliphatic carboxylic acids is 1. The molecule has 178 valence electrons. The van der Waals surface area contributed by atoms with Gasteiger partial charge in [0, 0.05) is 24.7 Å². The molecule has 2 atom stereocenters. The van der Waals surface area contributed by atoms with Gasteiger partial charge in [0.2, 0.25) is 0 Å². The lowest BCUT2D eigenvalue weighted by Gasteiger charge is -2.32. The number of carboxylic acids is 1. The second kappa shape index (κ2) is 12.5. The Hall–Kier alpha value is -2.72. The van der Waals surface area contributed by atoms with Crippen molar-refractivity contribution < 1.29 is 19.8 Å². The molecule has 2 rings (SSSR count). The number of benzene rings is 2. The normalized spacial score (nSPS) is 14.8. The van der Waals surface area contributed by atoms with E-state index >= 15 is 0 Å². The Morgan fingerprint density at radius 3 is 1.82 bits per heavy atom. The van der Waals surface area contributed by atoms with E-state index in [9.17, 15) is 14.7 Å². The van der Waals surface area contributed by atoms with Crippen molar-refractivity contribution in [2.24, 2.45) is 0 Å². The van der Waals surface area contributed by atoms with Crippen molar-refractivity contribution in [2.45, 2.75) is 76.0 Å². The van der Waals surface area contributed by atoms with Gasteiger partial charge in [0.25, 0.3) is 0 Å². The first kappa shape index (κ1) is 26.5. The lowest BCUT2D eigenvalue weighted by Crippen LogP contribution is -2.26. The number of Topliss-reactive ketones (excluding diaryl/α,β-unsaturated/α-hetero) is 1. The smallest absolute Gasteiger partial charge is 0.303 e. The van der Waals surface area contributed by atoms with Crippen LogP contribution in [-0.4, -0.2) is 28.6 Å². The van der Waals surface area contributed by atoms with E-state index < -0.39 is 5.97 Å². The Kier molecular flexibility index (Phi) is 10.1. The van der Waals surface area contributed by atoms with E-state index in [2.05, 4.69) is 20.4 Å². The van der Waals surface area contributed by atoms with Crippen LogP contribution in [0.25, 0.3) is 0 Å². The number of carboxylic acid groups (broad SMARTS) is 1. The number of ketones is 1. The molecule has 2 unspecified atom stereocenters. The minimum atomic E-state index is -0.792. The van der Waals surface area contributed by atoms with Crippen LogP contribution in [0, 0.1) is 0 Å². The first-order chi connectivity index (χ1) is 15.7. The van der Waals surface area contributed by atoms with Crippen LogP contribution in [0.15, 0.2) is 72.8 Å². The summed E-state index contributed by atoms with van der Waals surface area (Å²) in [6.07, 6.45) is 4.67. The van der Waals surface area contributed by atoms with Gasteiger partial charge in [0.1, 0.15) is 5.78 Å². The number of aliphatic hydroxyl groups is 1. The summed E-state index contributed by atoms with van der Waals surface area (Å²) in [5.74, 6) is -0.562. The molecule has 0 bridgehead atoms. The highest BCUT2D eigenvalue weighted by molar-refractivity contribution is 5.78. The molecule has 0 aromatic heterocycles. The second-order valence-corrected chi connectivity index (χ2v) is 9.53. The van der Waals surface area contributed by atoms with Crippen molar-refractivity contribution in [3.8, 4) is 0 Å². The topological polar surface area (TPSA) is 74.6 Å². The summed E-state index contributed by atoms with van der Waals surface area (Å²) in [6.45, 7) is 8.18. The van der Waals surface area contributed by atoms with Crippen molar-refractivity contribution in [2.75, 3.05) is 6.61 Å². The molecule has 0 aliphatic carbocycles. The Morgan fingerprint density at radius 1 is 0.788 bits per heavy atom. The molecule has 2 aromatic rings. The highest BCUT2D eigenvalue weighted by Crippen LogP contribution is 2.37. The van der Waals surface area contributed by atoms with Crippen LogP contribution in [0.1, 0.15) is 76.3 Å². The van der Waals surface area contributed by atoms with Crippen LogP contribution >= 0.6 is 0 Å². The maximum Gasteiger partial charge on any atom is 0.303 e. The number of aliphatic hydroxyl groups excluding tert-OH is 1. The summed E-state index contributed by atoms with van der Waals surface area (Å²) in [5.41, 5.74) is 2.37. The molecular formula is C29H38O4. The van der Waals surface area contributed by atoms with Crippen LogP contribution in [0.5, 0.6) is 0 Å². The summed E-state index contributed by atoms with van der Waals surface area (Å²) in [7, 11) is 0. The van der Waals surface area contributed by atoms with Gasteiger partial charge in [-0.05, 0) is 54.2 Å². The zero-order valence-electron chi connectivity index (χ0n) is 20.1. The summed E-state index contributed by atoms with van der Waals surface area (Å²) in [4.78, 5) is 23.8. The van der Waals surface area contributed by atoms with E-state index in [-0.39, 0.29) is 29.6 Å². The molecule has 0 radical (unpaired) electrons. The Bertz CT molecular complexity index is 906. The summed E-state index contributed by atoms with van der Waals surface area (Å²) >= 11 is 0. The molecule has 0 heterocycles. The standard InChI is InChI=1S/C29H38O4/c1-23(22-30)29(3,25-14-8-5-9-15-25)20-11-17-26(31)16-10-19-28(2,21-18-27(32)33)24-12-6-4-7-13-24/h4-9,12-15,30H,1,10-11,16-22H2,2-3H3,(H,32,33). The van der Waals surface area contributed by atoms with E-state index in [0.29, 0.717) is 19.3 Å². The number of carbonyl (C=O) groups excluding carboxylic acids is 1. The van der Waals surface area contributed by atoms with Crippen LogP contribution in [0.2, 0.25) is 0 Å². The fraction of sp³-hybridized carbons (Fsp3) is 0.448. The molecule has 0 fully saturated rings. The average molecular weight is 451 g/mol. The van der Waals surface area contributed by atoms with Gasteiger partial charge in [-0.2, -0.15) is 0 Å². The van der Waals surface area contributed by atoms with Crippen LogP contribution in [0.3, 0.4) is 0 Å². The minimum Gasteiger partial charge on any atom is -0.481 e. The molecule has 4 heteroatoms. The van der Waals surface area contributed by atoms with Crippen molar-refractivity contribution in [3.05, 3.63) is 83.9 Å². The van der Waals surface area contributed by atoms with Gasteiger partial charge in [-0.3, -0.25) is 9.59 Å². The van der Waals surface area contributed by atoms with Gasteiger partial charge >= 0.3 is 5.97 Å². The van der Waals surface area contributed by atoms with E-state index in [1.54, 1.807) is 0 Å². The summed E-state index contributed by atoms with van der Waals surface area (Å²) in [5, 5.41) is 18.9. The van der Waals surface area contributed by atoms with Crippen molar-refractivity contribution in [1.29, 1.82) is 0 Å². The minimum absolute atomic E-state index is 0.0756. The lowest BCUT2D eigenvalue weighted by atomic mass is 9.72. The molecule has 2 N–H and O–H groups in total. The van der Waals surface area contributed by atoms with Gasteiger partial charge in [0.05, 0.1) is 6.61 Å². The van der Waals surface area contributed by atoms with E-state index in [1.165, 1.54) is 0 Å². The zero-order chi connectivity index (χ0) is 24.3. The average Bonchev–Trinajstić information content (AvgIpc) is 2.83. The van der Waals surface area contributed by atoms with E-state index in [0.717, 1.165) is 42.4 Å². The van der Waals surface area contributed by atoms with Crippen molar-refractivity contribution in [3.63, 3.8) is 0 Å². The molecular weight excluding hydrogens is 412 g/mol. The lowest BCUT2D eigenvalue weighted by molar-refractivity contribution is -0.137.